The van der Waals surface area contributed by atoms with Crippen molar-refractivity contribution in [3.8, 4) is 11.8 Å². The summed E-state index contributed by atoms with van der Waals surface area (Å²) in [5, 5.41) is 23.2. The van der Waals surface area contributed by atoms with Gasteiger partial charge in [-0.15, -0.1) is 0 Å². The molecule has 1 aliphatic carbocycles. The number of nitrogens with zero attached hydrogens (tertiary/aromatic N) is 6. The van der Waals surface area contributed by atoms with E-state index in [1.54, 1.807) is 23.2 Å². The normalized spacial score (nSPS) is 23.2. The van der Waals surface area contributed by atoms with Crippen molar-refractivity contribution in [1.29, 1.82) is 0 Å². The maximum atomic E-state index is 13.0. The lowest BCUT2D eigenvalue weighted by Crippen LogP contribution is -2.44. The molecule has 1 aliphatic heterocycles. The lowest BCUT2D eigenvalue weighted by molar-refractivity contribution is -0.137. The molecule has 1 saturated carbocycles. The summed E-state index contributed by atoms with van der Waals surface area (Å²) < 4.78 is 7.00. The number of hydrogen-bond acceptors (Lipinski definition) is 10. The fraction of sp³-hybridized carbons (Fsp3) is 0.417. The molecule has 5 rings (SSSR count). The van der Waals surface area contributed by atoms with Crippen LogP contribution in [0.5, 0.6) is 0 Å². The first-order chi connectivity index (χ1) is 17.9. The van der Waals surface area contributed by atoms with E-state index in [9.17, 15) is 19.8 Å². The van der Waals surface area contributed by atoms with Crippen molar-refractivity contribution in [1.82, 2.24) is 34.7 Å². The quantitative estimate of drug-likeness (QED) is 0.320. The zero-order chi connectivity index (χ0) is 26.1. The predicted molar refractivity (Wildman–Crippen MR) is 130 cm³/mol. The number of carbonyl (C=O) groups excluding carboxylic acids is 2. The summed E-state index contributed by atoms with van der Waals surface area (Å²) >= 11 is 0. The first-order valence-electron chi connectivity index (χ1n) is 11.8. The molecule has 5 N–H and O–H groups in total. The molecule has 2 fully saturated rings. The van der Waals surface area contributed by atoms with E-state index < -0.39 is 30.4 Å². The number of carbonyl (C=O) groups is 2. The van der Waals surface area contributed by atoms with Crippen LogP contribution in [0.25, 0.3) is 11.2 Å². The van der Waals surface area contributed by atoms with Gasteiger partial charge in [-0.1, -0.05) is 5.92 Å². The van der Waals surface area contributed by atoms with Crippen molar-refractivity contribution in [3.63, 3.8) is 0 Å². The molecule has 3 aromatic rings. The number of hydrogen-bond donors (Lipinski definition) is 4. The molecule has 13 nitrogen and oxygen atoms in total. The molecule has 192 valence electrons. The van der Waals surface area contributed by atoms with Gasteiger partial charge in [0.25, 0.3) is 11.8 Å². The van der Waals surface area contributed by atoms with Gasteiger partial charge < -0.3 is 30.9 Å². The number of nitrogens with two attached hydrogens (primary N) is 1. The van der Waals surface area contributed by atoms with E-state index in [1.165, 1.54) is 24.1 Å². The van der Waals surface area contributed by atoms with Gasteiger partial charge in [0.15, 0.2) is 23.8 Å². The molecule has 3 aromatic heterocycles. The molecule has 1 unspecified atom stereocenters. The highest BCUT2D eigenvalue weighted by atomic mass is 16.6. The number of rotatable bonds is 5. The number of pyridine rings is 1. The highest BCUT2D eigenvalue weighted by Crippen LogP contribution is 2.32. The van der Waals surface area contributed by atoms with E-state index in [-0.39, 0.29) is 41.3 Å². The molecule has 37 heavy (non-hydrogen) atoms. The minimum Gasteiger partial charge on any atom is -0.387 e. The lowest BCUT2D eigenvalue weighted by atomic mass is 9.91. The number of anilines is 1. The number of ether oxygens (including phenoxy) is 1. The van der Waals surface area contributed by atoms with Gasteiger partial charge in [0.05, 0.1) is 18.4 Å². The number of aliphatic hydroxyl groups is 2. The van der Waals surface area contributed by atoms with Crippen LogP contribution >= 0.6 is 0 Å². The van der Waals surface area contributed by atoms with E-state index in [4.69, 9.17) is 10.5 Å². The Hall–Kier alpha value is -4.12. The van der Waals surface area contributed by atoms with Crippen LogP contribution in [0.15, 0.2) is 30.9 Å². The molecule has 4 heterocycles. The Bertz CT molecular complexity index is 1380. The molecule has 2 aliphatic rings. The zero-order valence-electron chi connectivity index (χ0n) is 20.0. The van der Waals surface area contributed by atoms with Crippen molar-refractivity contribution in [2.75, 3.05) is 19.3 Å². The summed E-state index contributed by atoms with van der Waals surface area (Å²) in [6.07, 6.45) is 2.09. The smallest absolute Gasteiger partial charge is 0.256 e. The summed E-state index contributed by atoms with van der Waals surface area (Å²) in [4.78, 5) is 43.6. The fourth-order valence-electron chi connectivity index (χ4n) is 4.35. The van der Waals surface area contributed by atoms with Crippen molar-refractivity contribution < 1.29 is 24.5 Å². The largest absolute Gasteiger partial charge is 0.387 e. The van der Waals surface area contributed by atoms with E-state index >= 15 is 0 Å². The average molecular weight is 507 g/mol. The Morgan fingerprint density at radius 3 is 2.78 bits per heavy atom. The molecule has 2 amide bonds. The van der Waals surface area contributed by atoms with E-state index in [0.29, 0.717) is 5.56 Å². The summed E-state index contributed by atoms with van der Waals surface area (Å²) in [5.41, 5.74) is 7.04. The van der Waals surface area contributed by atoms with Crippen LogP contribution in [0.2, 0.25) is 0 Å². The van der Waals surface area contributed by atoms with Gasteiger partial charge in [-0.05, 0) is 37.3 Å². The lowest BCUT2D eigenvalue weighted by Gasteiger charge is -2.36. The first-order valence-corrected chi connectivity index (χ1v) is 11.8. The molecule has 4 atom stereocenters. The van der Waals surface area contributed by atoms with Crippen molar-refractivity contribution >= 4 is 28.8 Å². The van der Waals surface area contributed by atoms with Gasteiger partial charge in [0.1, 0.15) is 17.7 Å². The summed E-state index contributed by atoms with van der Waals surface area (Å²) in [7, 11) is 1.40. The third-order valence-electron chi connectivity index (χ3n) is 6.60. The monoisotopic (exact) mass is 506 g/mol. The number of nitrogen functional groups attached to an aromatic ring is 1. The van der Waals surface area contributed by atoms with Crippen LogP contribution in [0.1, 0.15) is 41.7 Å². The second-order valence-electron chi connectivity index (χ2n) is 8.86. The number of aromatic nitrogens is 5. The van der Waals surface area contributed by atoms with Crippen LogP contribution in [0.3, 0.4) is 0 Å². The van der Waals surface area contributed by atoms with Gasteiger partial charge in [0, 0.05) is 25.5 Å². The van der Waals surface area contributed by atoms with E-state index in [2.05, 4.69) is 37.1 Å². The van der Waals surface area contributed by atoms with Gasteiger partial charge >= 0.3 is 0 Å². The third-order valence-corrected chi connectivity index (χ3v) is 6.60. The molecular weight excluding hydrogens is 480 g/mol. The van der Waals surface area contributed by atoms with Crippen LogP contribution in [0.4, 0.5) is 5.82 Å². The highest BCUT2D eigenvalue weighted by molar-refractivity contribution is 5.94. The van der Waals surface area contributed by atoms with Gasteiger partial charge in [-0.3, -0.25) is 19.1 Å². The number of imidazole rings is 1. The fourth-order valence-corrected chi connectivity index (χ4v) is 4.35. The first kappa shape index (κ1) is 24.6. The third kappa shape index (κ3) is 4.57. The highest BCUT2D eigenvalue weighted by Gasteiger charge is 2.47. The summed E-state index contributed by atoms with van der Waals surface area (Å²) in [6.45, 7) is 0.170. The Morgan fingerprint density at radius 1 is 1.30 bits per heavy atom. The van der Waals surface area contributed by atoms with Crippen molar-refractivity contribution in [2.24, 2.45) is 0 Å². The number of fused-ring (bicyclic) bond motifs is 1. The van der Waals surface area contributed by atoms with Gasteiger partial charge in [-0.25, -0.2) is 15.0 Å². The van der Waals surface area contributed by atoms with Gasteiger partial charge in [-0.2, -0.15) is 0 Å². The molecule has 0 bridgehead atoms. The van der Waals surface area contributed by atoms with Crippen LogP contribution in [-0.4, -0.2) is 89.4 Å². The number of nitrogens with one attached hydrogen (secondary N) is 1. The minimum atomic E-state index is -1.45. The molecular formula is C24H26N8O5. The second-order valence-corrected chi connectivity index (χ2v) is 8.86. The molecule has 1 saturated heterocycles. The van der Waals surface area contributed by atoms with Crippen molar-refractivity contribution in [2.45, 2.75) is 49.8 Å². The Labute approximate surface area is 211 Å². The summed E-state index contributed by atoms with van der Waals surface area (Å²) in [5.74, 6) is 5.27. The molecule has 13 heteroatoms. The average Bonchev–Trinajstić information content (AvgIpc) is 3.43. The van der Waals surface area contributed by atoms with Crippen LogP contribution in [-0.2, 0) is 9.53 Å². The molecule has 0 spiro atoms. The topological polar surface area (TPSA) is 182 Å². The number of aliphatic hydroxyl groups excluding tert-OH is 2. The molecule has 0 aromatic carbocycles. The SMILES string of the molecule is CNC(=O)[C@H]1O[C@@H](n2cnc3c(N)nc(C#CCN(C(=O)c4cccnc4)C4CCC4)nc32)C(O)[C@@H]1O. The maximum absolute atomic E-state index is 13.0. The number of amides is 2. The molecule has 0 radical (unpaired) electrons. The summed E-state index contributed by atoms with van der Waals surface area (Å²) in [6, 6.07) is 3.55. The Morgan fingerprint density at radius 2 is 2.11 bits per heavy atom. The maximum Gasteiger partial charge on any atom is 0.256 e. The number of likely N-dealkylation sites (N-methyl/N-ethyl adjacent to an activating group) is 1. The van der Waals surface area contributed by atoms with E-state index in [1.807, 2.05) is 0 Å². The Balaban J connectivity index is 1.40. The Kier molecular flexibility index (Phi) is 6.70. The van der Waals surface area contributed by atoms with Crippen LogP contribution in [0, 0.1) is 11.8 Å². The van der Waals surface area contributed by atoms with E-state index in [0.717, 1.165) is 19.3 Å². The standard InChI is InChI=1S/C24H26N8O5/c1-26-22(35)19-17(33)18(34)24(37-19)32-12-28-16-20(25)29-15(30-21(16)32)8-4-10-31(14-6-2-7-14)23(36)13-5-3-9-27-11-13/h3,5,9,11-12,14,17-19,24,33-34H,2,6-7,10H2,1H3,(H,26,35)(H2,25,29,30)/t17-,18?,19-,24+/m0/s1. The second kappa shape index (κ2) is 10.1. The minimum absolute atomic E-state index is 0.0613. The zero-order valence-corrected chi connectivity index (χ0v) is 20.0. The van der Waals surface area contributed by atoms with Crippen molar-refractivity contribution in [3.05, 3.63) is 42.2 Å². The van der Waals surface area contributed by atoms with Crippen LogP contribution < -0.4 is 11.1 Å². The van der Waals surface area contributed by atoms with Gasteiger partial charge in [0.2, 0.25) is 5.82 Å². The predicted octanol–water partition coefficient (Wildman–Crippen LogP) is -0.785.